The van der Waals surface area contributed by atoms with Crippen LogP contribution in [0.25, 0.3) is 11.3 Å². The molecule has 1 heterocycles. The van der Waals surface area contributed by atoms with Gasteiger partial charge in [0.25, 0.3) is 0 Å². The van der Waals surface area contributed by atoms with E-state index in [2.05, 4.69) is 18.0 Å². The molecule has 3 rings (SSSR count). The van der Waals surface area contributed by atoms with Gasteiger partial charge in [-0.05, 0) is 42.3 Å². The highest BCUT2D eigenvalue weighted by atomic mass is 35.5. The largest absolute Gasteiger partial charge is 0.441 e. The number of hydrogen-bond acceptors (Lipinski definition) is 3. The summed E-state index contributed by atoms with van der Waals surface area (Å²) < 4.78 is 5.75. The molecule has 2 aromatic carbocycles. The molecule has 26 heavy (non-hydrogen) atoms. The van der Waals surface area contributed by atoms with Crippen molar-refractivity contribution in [2.24, 2.45) is 0 Å². The lowest BCUT2D eigenvalue weighted by atomic mass is 10.1. The van der Waals surface area contributed by atoms with Crippen LogP contribution in [-0.4, -0.2) is 22.8 Å². The Morgan fingerprint density at radius 3 is 2.62 bits per heavy atom. The van der Waals surface area contributed by atoms with Crippen molar-refractivity contribution in [1.29, 1.82) is 0 Å². The Balaban J connectivity index is 1.56. The molecule has 0 radical (unpaired) electrons. The normalized spacial score (nSPS) is 10.7. The van der Waals surface area contributed by atoms with E-state index in [0.717, 1.165) is 11.1 Å². The first kappa shape index (κ1) is 18.2. The number of nitrogens with zero attached hydrogens (tertiary/aromatic N) is 2. The highest BCUT2D eigenvalue weighted by molar-refractivity contribution is 6.30. The average molecular weight is 369 g/mol. The van der Waals surface area contributed by atoms with Crippen molar-refractivity contribution in [1.82, 2.24) is 9.88 Å². The van der Waals surface area contributed by atoms with Gasteiger partial charge in [0, 0.05) is 37.0 Å². The SMILES string of the molecule is Cc1ccccc1CN(C)C(=O)CCc1ncc(-c2ccc(Cl)cc2)o1. The second kappa shape index (κ2) is 8.19. The third-order valence-corrected chi connectivity index (χ3v) is 4.58. The molecule has 0 aliphatic rings. The van der Waals surface area contributed by atoms with E-state index in [1.54, 1.807) is 11.1 Å². The summed E-state index contributed by atoms with van der Waals surface area (Å²) >= 11 is 5.90. The van der Waals surface area contributed by atoms with Crippen LogP contribution in [0, 0.1) is 6.92 Å². The monoisotopic (exact) mass is 368 g/mol. The number of aromatic nitrogens is 1. The van der Waals surface area contributed by atoms with Crippen LogP contribution in [0.1, 0.15) is 23.4 Å². The highest BCUT2D eigenvalue weighted by Gasteiger charge is 2.13. The van der Waals surface area contributed by atoms with Gasteiger partial charge in [0.15, 0.2) is 11.7 Å². The molecule has 1 aromatic heterocycles. The molecule has 0 saturated heterocycles. The zero-order valence-electron chi connectivity index (χ0n) is 14.9. The average Bonchev–Trinajstić information content (AvgIpc) is 3.11. The van der Waals surface area contributed by atoms with Crippen molar-refractivity contribution in [2.45, 2.75) is 26.3 Å². The third kappa shape index (κ3) is 4.52. The molecular weight excluding hydrogens is 348 g/mol. The number of carbonyl (C=O) groups excluding carboxylic acids is 1. The summed E-state index contributed by atoms with van der Waals surface area (Å²) in [4.78, 5) is 18.4. The van der Waals surface area contributed by atoms with Crippen LogP contribution >= 0.6 is 11.6 Å². The van der Waals surface area contributed by atoms with Crippen LogP contribution in [0.2, 0.25) is 5.02 Å². The number of benzene rings is 2. The molecule has 5 heteroatoms. The van der Waals surface area contributed by atoms with Gasteiger partial charge in [-0.1, -0.05) is 35.9 Å². The Kier molecular flexibility index (Phi) is 5.74. The van der Waals surface area contributed by atoms with E-state index in [0.29, 0.717) is 36.1 Å². The molecule has 0 aliphatic heterocycles. The summed E-state index contributed by atoms with van der Waals surface area (Å²) in [5.74, 6) is 1.31. The molecule has 0 aliphatic carbocycles. The van der Waals surface area contributed by atoms with Crippen molar-refractivity contribution >= 4 is 17.5 Å². The molecule has 0 N–H and O–H groups in total. The Bertz CT molecular complexity index is 887. The molecule has 1 amide bonds. The van der Waals surface area contributed by atoms with Gasteiger partial charge >= 0.3 is 0 Å². The number of carbonyl (C=O) groups is 1. The van der Waals surface area contributed by atoms with Crippen molar-refractivity contribution in [3.63, 3.8) is 0 Å². The molecule has 0 unspecified atom stereocenters. The maximum atomic E-state index is 12.4. The van der Waals surface area contributed by atoms with E-state index in [4.69, 9.17) is 16.0 Å². The maximum absolute atomic E-state index is 12.4. The van der Waals surface area contributed by atoms with Crippen LogP contribution in [0.3, 0.4) is 0 Å². The summed E-state index contributed by atoms with van der Waals surface area (Å²) in [6.07, 6.45) is 2.52. The van der Waals surface area contributed by atoms with Crippen LogP contribution in [0.4, 0.5) is 0 Å². The van der Waals surface area contributed by atoms with E-state index in [-0.39, 0.29) is 5.91 Å². The summed E-state index contributed by atoms with van der Waals surface area (Å²) in [7, 11) is 1.82. The fourth-order valence-corrected chi connectivity index (χ4v) is 2.84. The molecule has 0 saturated carbocycles. The van der Waals surface area contributed by atoms with E-state index in [1.165, 1.54) is 5.56 Å². The quantitative estimate of drug-likeness (QED) is 0.622. The molecule has 4 nitrogen and oxygen atoms in total. The molecule has 0 fully saturated rings. The van der Waals surface area contributed by atoms with Crippen LogP contribution < -0.4 is 0 Å². The summed E-state index contributed by atoms with van der Waals surface area (Å²) in [5.41, 5.74) is 3.26. The van der Waals surface area contributed by atoms with Gasteiger partial charge in [-0.25, -0.2) is 4.98 Å². The van der Waals surface area contributed by atoms with Crippen LogP contribution in [0.5, 0.6) is 0 Å². The van der Waals surface area contributed by atoms with E-state index < -0.39 is 0 Å². The van der Waals surface area contributed by atoms with Gasteiger partial charge in [0.1, 0.15) is 0 Å². The third-order valence-electron chi connectivity index (χ3n) is 4.33. The van der Waals surface area contributed by atoms with E-state index in [9.17, 15) is 4.79 Å². The summed E-state index contributed by atoms with van der Waals surface area (Å²) in [6, 6.07) is 15.5. The summed E-state index contributed by atoms with van der Waals surface area (Å²) in [6.45, 7) is 2.66. The number of halogens is 1. The van der Waals surface area contributed by atoms with Gasteiger partial charge in [-0.3, -0.25) is 4.79 Å². The fraction of sp³-hybridized carbons (Fsp3) is 0.238. The highest BCUT2D eigenvalue weighted by Crippen LogP contribution is 2.22. The van der Waals surface area contributed by atoms with Gasteiger partial charge in [0.05, 0.1) is 6.20 Å². The summed E-state index contributed by atoms with van der Waals surface area (Å²) in [5, 5.41) is 0.677. The standard InChI is InChI=1S/C21H21ClN2O2/c1-15-5-3-4-6-17(15)14-24(2)21(25)12-11-20-23-13-19(26-20)16-7-9-18(22)10-8-16/h3-10,13H,11-12,14H2,1-2H3. The maximum Gasteiger partial charge on any atom is 0.223 e. The number of amides is 1. The Morgan fingerprint density at radius 1 is 1.15 bits per heavy atom. The van der Waals surface area contributed by atoms with E-state index in [1.807, 2.05) is 49.5 Å². The van der Waals surface area contributed by atoms with Crippen molar-refractivity contribution in [3.05, 3.63) is 76.8 Å². The number of aryl methyl sites for hydroxylation is 2. The Hall–Kier alpha value is -2.59. The predicted octanol–water partition coefficient (Wildman–Crippen LogP) is 4.89. The van der Waals surface area contributed by atoms with Gasteiger partial charge in [0.2, 0.25) is 5.91 Å². The van der Waals surface area contributed by atoms with Crippen molar-refractivity contribution in [2.75, 3.05) is 7.05 Å². The van der Waals surface area contributed by atoms with Gasteiger partial charge in [-0.15, -0.1) is 0 Å². The predicted molar refractivity (Wildman–Crippen MR) is 103 cm³/mol. The van der Waals surface area contributed by atoms with E-state index >= 15 is 0 Å². The van der Waals surface area contributed by atoms with Crippen LogP contribution in [-0.2, 0) is 17.8 Å². The minimum absolute atomic E-state index is 0.0690. The molecule has 3 aromatic rings. The van der Waals surface area contributed by atoms with Gasteiger partial charge in [-0.2, -0.15) is 0 Å². The minimum Gasteiger partial charge on any atom is -0.441 e. The van der Waals surface area contributed by atoms with Crippen LogP contribution in [0.15, 0.2) is 59.1 Å². The lowest BCUT2D eigenvalue weighted by molar-refractivity contribution is -0.130. The zero-order chi connectivity index (χ0) is 18.5. The molecule has 0 atom stereocenters. The first-order valence-corrected chi connectivity index (χ1v) is 8.90. The lowest BCUT2D eigenvalue weighted by Crippen LogP contribution is -2.26. The molecule has 0 bridgehead atoms. The first-order chi connectivity index (χ1) is 12.5. The second-order valence-electron chi connectivity index (χ2n) is 6.30. The van der Waals surface area contributed by atoms with Crippen molar-refractivity contribution < 1.29 is 9.21 Å². The first-order valence-electron chi connectivity index (χ1n) is 8.52. The Morgan fingerprint density at radius 2 is 1.88 bits per heavy atom. The Labute approximate surface area is 158 Å². The molecule has 134 valence electrons. The second-order valence-corrected chi connectivity index (χ2v) is 6.74. The molecule has 0 spiro atoms. The van der Waals surface area contributed by atoms with Crippen molar-refractivity contribution in [3.8, 4) is 11.3 Å². The number of oxazole rings is 1. The molecular formula is C21H21ClN2O2. The zero-order valence-corrected chi connectivity index (χ0v) is 15.7. The number of rotatable bonds is 6. The van der Waals surface area contributed by atoms with Gasteiger partial charge < -0.3 is 9.32 Å². The smallest absolute Gasteiger partial charge is 0.223 e. The lowest BCUT2D eigenvalue weighted by Gasteiger charge is -2.18. The fourth-order valence-electron chi connectivity index (χ4n) is 2.71. The topological polar surface area (TPSA) is 46.3 Å². The number of hydrogen-bond donors (Lipinski definition) is 0. The minimum atomic E-state index is 0.0690.